The third-order valence-corrected chi connectivity index (χ3v) is 4.55. The molecule has 1 fully saturated rings. The summed E-state index contributed by atoms with van der Waals surface area (Å²) in [6.45, 7) is 7.95. The van der Waals surface area contributed by atoms with E-state index in [1.165, 1.54) is 23.9 Å². The molecule has 0 aliphatic heterocycles. The van der Waals surface area contributed by atoms with Crippen LogP contribution in [0, 0.1) is 17.2 Å². The van der Waals surface area contributed by atoms with Crippen LogP contribution in [-0.2, 0) is 0 Å². The number of aromatic nitrogens is 1. The third kappa shape index (κ3) is 2.32. The molecule has 3 rings (SSSR count). The monoisotopic (exact) mass is 267 g/mol. The van der Waals surface area contributed by atoms with E-state index in [0.717, 1.165) is 30.1 Å². The Kier molecular flexibility index (Phi) is 3.50. The maximum atomic E-state index is 8.95. The molecule has 0 bridgehead atoms. The largest absolute Gasteiger partial charge is 0.361 e. The van der Waals surface area contributed by atoms with E-state index in [1.54, 1.807) is 0 Å². The third-order valence-electron chi connectivity index (χ3n) is 4.55. The van der Waals surface area contributed by atoms with Gasteiger partial charge in [0.15, 0.2) is 0 Å². The van der Waals surface area contributed by atoms with Crippen LogP contribution in [0.3, 0.4) is 0 Å². The minimum atomic E-state index is 0.692. The molecule has 1 aromatic heterocycles. The predicted molar refractivity (Wildman–Crippen MR) is 81.6 cm³/mol. The van der Waals surface area contributed by atoms with Crippen LogP contribution in [-0.4, -0.2) is 29.5 Å². The highest BCUT2D eigenvalue weighted by Gasteiger charge is 2.40. The van der Waals surface area contributed by atoms with E-state index < -0.39 is 0 Å². The number of aromatic amines is 1. The minimum absolute atomic E-state index is 0.692. The van der Waals surface area contributed by atoms with Crippen LogP contribution in [0.25, 0.3) is 10.9 Å². The lowest BCUT2D eigenvalue weighted by atomic mass is 10.1. The van der Waals surface area contributed by atoms with Gasteiger partial charge in [-0.1, -0.05) is 19.9 Å². The van der Waals surface area contributed by atoms with Crippen molar-refractivity contribution < 1.29 is 0 Å². The second kappa shape index (κ2) is 5.30. The van der Waals surface area contributed by atoms with Crippen LogP contribution in [0.4, 0.5) is 0 Å². The topological polar surface area (TPSA) is 42.8 Å². The summed E-state index contributed by atoms with van der Waals surface area (Å²) in [5.41, 5.74) is 3.25. The molecule has 0 radical (unpaired) electrons. The maximum Gasteiger partial charge on any atom is 0.0992 e. The molecule has 2 atom stereocenters. The number of nitrogens with zero attached hydrogens (tertiary/aromatic N) is 2. The molecule has 3 nitrogen and oxygen atoms in total. The maximum absolute atomic E-state index is 8.95. The summed E-state index contributed by atoms with van der Waals surface area (Å²) in [5.74, 6) is 1.49. The number of rotatable bonds is 5. The van der Waals surface area contributed by atoms with Crippen LogP contribution in [0.5, 0.6) is 0 Å². The van der Waals surface area contributed by atoms with Crippen molar-refractivity contribution in [2.45, 2.75) is 26.2 Å². The van der Waals surface area contributed by atoms with Gasteiger partial charge >= 0.3 is 0 Å². The quantitative estimate of drug-likeness (QED) is 0.901. The Morgan fingerprint density at radius 2 is 2.15 bits per heavy atom. The van der Waals surface area contributed by atoms with E-state index in [2.05, 4.69) is 42.1 Å². The predicted octanol–water partition coefficient (Wildman–Crippen LogP) is 3.48. The Morgan fingerprint density at radius 3 is 2.85 bits per heavy atom. The summed E-state index contributed by atoms with van der Waals surface area (Å²) >= 11 is 0. The van der Waals surface area contributed by atoms with Crippen LogP contribution in [0.1, 0.15) is 37.3 Å². The molecule has 1 aliphatic rings. The van der Waals surface area contributed by atoms with Crippen LogP contribution in [0.15, 0.2) is 24.4 Å². The zero-order valence-corrected chi connectivity index (χ0v) is 12.2. The molecule has 2 aromatic rings. The Bertz CT molecular complexity index is 646. The van der Waals surface area contributed by atoms with Gasteiger partial charge in [0.2, 0.25) is 0 Å². The molecule has 0 saturated heterocycles. The Labute approximate surface area is 120 Å². The van der Waals surface area contributed by atoms with E-state index in [-0.39, 0.29) is 0 Å². The van der Waals surface area contributed by atoms with Gasteiger partial charge in [-0.3, -0.25) is 0 Å². The standard InChI is InChI=1S/C17H21N3/c1-3-20(4-2)11-13-8-15(13)16-10-19-17-7-12(9-18)5-6-14(16)17/h5-7,10,13,15,19H,3-4,8,11H2,1-2H3. The highest BCUT2D eigenvalue weighted by molar-refractivity contribution is 5.85. The van der Waals surface area contributed by atoms with E-state index in [0.29, 0.717) is 5.92 Å². The number of nitrogens with one attached hydrogen (secondary N) is 1. The molecule has 104 valence electrons. The lowest BCUT2D eigenvalue weighted by Crippen LogP contribution is -2.25. The van der Waals surface area contributed by atoms with Crippen LogP contribution in [0.2, 0.25) is 0 Å². The number of fused-ring (bicyclic) bond motifs is 1. The summed E-state index contributed by atoms with van der Waals surface area (Å²) in [6, 6.07) is 8.15. The molecule has 1 aliphatic carbocycles. The van der Waals surface area contributed by atoms with Gasteiger partial charge in [0.25, 0.3) is 0 Å². The van der Waals surface area contributed by atoms with Gasteiger partial charge in [-0.2, -0.15) is 5.26 Å². The highest BCUT2D eigenvalue weighted by atomic mass is 15.1. The van der Waals surface area contributed by atoms with E-state index in [9.17, 15) is 0 Å². The van der Waals surface area contributed by atoms with Gasteiger partial charge < -0.3 is 9.88 Å². The van der Waals surface area contributed by atoms with E-state index in [4.69, 9.17) is 5.26 Å². The summed E-state index contributed by atoms with van der Waals surface area (Å²) in [4.78, 5) is 5.83. The first-order chi connectivity index (χ1) is 9.76. The van der Waals surface area contributed by atoms with Crippen molar-refractivity contribution in [1.82, 2.24) is 9.88 Å². The van der Waals surface area contributed by atoms with Crippen LogP contribution < -0.4 is 0 Å². The first kappa shape index (κ1) is 13.2. The Balaban J connectivity index is 1.78. The number of hydrogen-bond acceptors (Lipinski definition) is 2. The van der Waals surface area contributed by atoms with Gasteiger partial charge in [0, 0.05) is 23.6 Å². The summed E-state index contributed by atoms with van der Waals surface area (Å²) < 4.78 is 0. The van der Waals surface area contributed by atoms with E-state index in [1.807, 2.05) is 12.1 Å². The number of benzene rings is 1. The first-order valence-corrected chi connectivity index (χ1v) is 7.50. The van der Waals surface area contributed by atoms with Gasteiger partial charge in [-0.25, -0.2) is 0 Å². The minimum Gasteiger partial charge on any atom is -0.361 e. The number of hydrogen-bond donors (Lipinski definition) is 1. The molecular formula is C17H21N3. The van der Waals surface area contributed by atoms with Crippen molar-refractivity contribution in [3.05, 3.63) is 35.5 Å². The summed E-state index contributed by atoms with van der Waals surface area (Å²) in [5, 5.41) is 10.2. The molecule has 0 amide bonds. The average Bonchev–Trinajstić information content (AvgIpc) is 3.12. The second-order valence-electron chi connectivity index (χ2n) is 5.70. The zero-order valence-electron chi connectivity index (χ0n) is 12.2. The fourth-order valence-corrected chi connectivity index (χ4v) is 3.17. The zero-order chi connectivity index (χ0) is 14.1. The molecule has 1 saturated carbocycles. The fraction of sp³-hybridized carbons (Fsp3) is 0.471. The normalized spacial score (nSPS) is 21.3. The van der Waals surface area contributed by atoms with E-state index >= 15 is 0 Å². The van der Waals surface area contributed by atoms with Crippen molar-refractivity contribution in [1.29, 1.82) is 5.26 Å². The molecule has 1 aromatic carbocycles. The lowest BCUT2D eigenvalue weighted by Gasteiger charge is -2.17. The SMILES string of the molecule is CCN(CC)CC1CC1c1c[nH]c2cc(C#N)ccc12. The van der Waals surface area contributed by atoms with Crippen molar-refractivity contribution in [3.8, 4) is 6.07 Å². The molecule has 0 spiro atoms. The Morgan fingerprint density at radius 1 is 1.35 bits per heavy atom. The molecule has 2 unspecified atom stereocenters. The van der Waals surface area contributed by atoms with Crippen LogP contribution >= 0.6 is 0 Å². The summed E-state index contributed by atoms with van der Waals surface area (Å²) in [7, 11) is 0. The molecule has 3 heteroatoms. The molecule has 1 heterocycles. The smallest absolute Gasteiger partial charge is 0.0992 e. The second-order valence-corrected chi connectivity index (χ2v) is 5.70. The van der Waals surface area contributed by atoms with Gasteiger partial charge in [-0.05, 0) is 49.0 Å². The Hall–Kier alpha value is -1.79. The number of nitriles is 1. The highest BCUT2D eigenvalue weighted by Crippen LogP contribution is 2.49. The van der Waals surface area contributed by atoms with Gasteiger partial charge in [-0.15, -0.1) is 0 Å². The molecule has 20 heavy (non-hydrogen) atoms. The van der Waals surface area contributed by atoms with Crippen molar-refractivity contribution >= 4 is 10.9 Å². The lowest BCUT2D eigenvalue weighted by molar-refractivity contribution is 0.289. The van der Waals surface area contributed by atoms with Crippen molar-refractivity contribution in [2.24, 2.45) is 5.92 Å². The first-order valence-electron chi connectivity index (χ1n) is 7.50. The molecule has 1 N–H and O–H groups in total. The fourth-order valence-electron chi connectivity index (χ4n) is 3.17. The molecular weight excluding hydrogens is 246 g/mol. The number of H-pyrrole nitrogens is 1. The summed E-state index contributed by atoms with van der Waals surface area (Å²) in [6.07, 6.45) is 3.43. The average molecular weight is 267 g/mol. The van der Waals surface area contributed by atoms with Gasteiger partial charge in [0.05, 0.1) is 11.6 Å². The van der Waals surface area contributed by atoms with Crippen molar-refractivity contribution in [2.75, 3.05) is 19.6 Å². The van der Waals surface area contributed by atoms with Crippen molar-refractivity contribution in [3.63, 3.8) is 0 Å². The van der Waals surface area contributed by atoms with Gasteiger partial charge in [0.1, 0.15) is 0 Å².